The van der Waals surface area contributed by atoms with Gasteiger partial charge in [0.15, 0.2) is 0 Å². The Labute approximate surface area is 130 Å². The van der Waals surface area contributed by atoms with Crippen LogP contribution in [-0.4, -0.2) is 11.7 Å². The van der Waals surface area contributed by atoms with Crippen LogP contribution in [0, 0.1) is 5.82 Å². The number of halogens is 3. The van der Waals surface area contributed by atoms with Crippen molar-refractivity contribution in [3.05, 3.63) is 68.9 Å². The molecule has 2 nitrogen and oxygen atoms in total. The van der Waals surface area contributed by atoms with Gasteiger partial charge in [-0.25, -0.2) is 4.39 Å². The Morgan fingerprint density at radius 2 is 1.95 bits per heavy atom. The summed E-state index contributed by atoms with van der Waals surface area (Å²) in [6.45, 7) is 0.183. The third kappa shape index (κ3) is 3.20. The molecule has 0 saturated heterocycles. The van der Waals surface area contributed by atoms with Crippen LogP contribution in [0.25, 0.3) is 0 Å². The second-order valence-electron chi connectivity index (χ2n) is 4.48. The lowest BCUT2D eigenvalue weighted by Crippen LogP contribution is -2.21. The molecule has 2 unspecified atom stereocenters. The van der Waals surface area contributed by atoms with Crippen molar-refractivity contribution in [1.82, 2.24) is 0 Å². The molecule has 0 heterocycles. The maximum Gasteiger partial charge on any atom is 0.130 e. The summed E-state index contributed by atoms with van der Waals surface area (Å²) in [6.07, 6.45) is -1.09. The summed E-state index contributed by atoms with van der Waals surface area (Å²) in [5.74, 6) is -0.958. The molecule has 2 aromatic carbocycles. The van der Waals surface area contributed by atoms with Crippen molar-refractivity contribution in [2.24, 2.45) is 5.73 Å². The smallest absolute Gasteiger partial charge is 0.130 e. The van der Waals surface area contributed by atoms with Gasteiger partial charge in [-0.1, -0.05) is 45.7 Å². The highest BCUT2D eigenvalue weighted by molar-refractivity contribution is 9.10. The standard InChI is InChI=1S/C15H14BrClFNO/c16-10-4-1-3-9(7-10)11(8-19)15(20)14-12(17)5-2-6-13(14)18/h1-7,11,15,20H,8,19H2. The van der Waals surface area contributed by atoms with Crippen LogP contribution in [0.3, 0.4) is 0 Å². The lowest BCUT2D eigenvalue weighted by Gasteiger charge is -2.23. The number of hydrogen-bond acceptors (Lipinski definition) is 2. The highest BCUT2D eigenvalue weighted by Crippen LogP contribution is 2.36. The summed E-state index contributed by atoms with van der Waals surface area (Å²) in [6, 6.07) is 11.8. The number of nitrogens with two attached hydrogens (primary N) is 1. The van der Waals surface area contributed by atoms with Crippen LogP contribution >= 0.6 is 27.5 Å². The Kier molecular flexibility index (Phi) is 5.16. The minimum Gasteiger partial charge on any atom is -0.388 e. The second-order valence-corrected chi connectivity index (χ2v) is 5.80. The highest BCUT2D eigenvalue weighted by Gasteiger charge is 2.26. The van der Waals surface area contributed by atoms with Gasteiger partial charge in [0.2, 0.25) is 0 Å². The van der Waals surface area contributed by atoms with Crippen LogP contribution in [0.1, 0.15) is 23.1 Å². The zero-order chi connectivity index (χ0) is 14.7. The Bertz CT molecular complexity index is 588. The van der Waals surface area contributed by atoms with Crippen LogP contribution in [0.15, 0.2) is 46.9 Å². The van der Waals surface area contributed by atoms with Crippen molar-refractivity contribution in [3.8, 4) is 0 Å². The zero-order valence-corrected chi connectivity index (χ0v) is 12.9. The van der Waals surface area contributed by atoms with E-state index in [1.54, 1.807) is 6.07 Å². The molecule has 0 fully saturated rings. The molecule has 2 rings (SSSR count). The molecule has 0 spiro atoms. The molecule has 2 atom stereocenters. The molecule has 3 N–H and O–H groups in total. The van der Waals surface area contributed by atoms with E-state index in [2.05, 4.69) is 15.9 Å². The largest absolute Gasteiger partial charge is 0.388 e. The third-order valence-corrected chi connectivity index (χ3v) is 4.03. The average molecular weight is 359 g/mol. The fraction of sp³-hybridized carbons (Fsp3) is 0.200. The van der Waals surface area contributed by atoms with Crippen molar-refractivity contribution in [2.75, 3.05) is 6.54 Å². The van der Waals surface area contributed by atoms with Crippen LogP contribution in [0.2, 0.25) is 5.02 Å². The quantitative estimate of drug-likeness (QED) is 0.867. The van der Waals surface area contributed by atoms with E-state index in [1.165, 1.54) is 12.1 Å². The van der Waals surface area contributed by atoms with Gasteiger partial charge >= 0.3 is 0 Å². The predicted octanol–water partition coefficient (Wildman–Crippen LogP) is 4.02. The number of hydrogen-bond donors (Lipinski definition) is 2. The van der Waals surface area contributed by atoms with E-state index < -0.39 is 17.8 Å². The number of aliphatic hydroxyl groups excluding tert-OH is 1. The summed E-state index contributed by atoms with van der Waals surface area (Å²) < 4.78 is 14.8. The molecule has 0 amide bonds. The summed E-state index contributed by atoms with van der Waals surface area (Å²) in [5.41, 5.74) is 6.67. The summed E-state index contributed by atoms with van der Waals surface area (Å²) >= 11 is 9.37. The number of rotatable bonds is 4. The van der Waals surface area contributed by atoms with Gasteiger partial charge < -0.3 is 10.8 Å². The van der Waals surface area contributed by atoms with Gasteiger partial charge in [0.25, 0.3) is 0 Å². The first-order chi connectivity index (χ1) is 9.54. The zero-order valence-electron chi connectivity index (χ0n) is 10.6. The second kappa shape index (κ2) is 6.68. The van der Waals surface area contributed by atoms with Crippen molar-refractivity contribution in [3.63, 3.8) is 0 Å². The van der Waals surface area contributed by atoms with Gasteiger partial charge in [-0.15, -0.1) is 0 Å². The molecule has 0 saturated carbocycles. The van der Waals surface area contributed by atoms with Crippen molar-refractivity contribution >= 4 is 27.5 Å². The normalized spacial score (nSPS) is 14.1. The molecule has 0 aliphatic heterocycles. The van der Waals surface area contributed by atoms with E-state index in [9.17, 15) is 9.50 Å². The Balaban J connectivity index is 2.41. The average Bonchev–Trinajstić information content (AvgIpc) is 2.39. The summed E-state index contributed by atoms with van der Waals surface area (Å²) in [5, 5.41) is 10.7. The van der Waals surface area contributed by atoms with Crippen molar-refractivity contribution in [2.45, 2.75) is 12.0 Å². The first-order valence-corrected chi connectivity index (χ1v) is 7.29. The van der Waals surface area contributed by atoms with E-state index >= 15 is 0 Å². The maximum atomic E-state index is 13.9. The molecule has 20 heavy (non-hydrogen) atoms. The monoisotopic (exact) mass is 357 g/mol. The van der Waals surface area contributed by atoms with Crippen LogP contribution in [-0.2, 0) is 0 Å². The molecule has 0 aliphatic carbocycles. The van der Waals surface area contributed by atoms with Gasteiger partial charge in [-0.05, 0) is 29.8 Å². The maximum absolute atomic E-state index is 13.9. The Morgan fingerprint density at radius 3 is 2.55 bits per heavy atom. The Hall–Kier alpha value is -0.940. The van der Waals surface area contributed by atoms with Crippen LogP contribution < -0.4 is 5.73 Å². The molecule has 0 radical (unpaired) electrons. The third-order valence-electron chi connectivity index (χ3n) is 3.21. The number of benzene rings is 2. The molecule has 5 heteroatoms. The van der Waals surface area contributed by atoms with Gasteiger partial charge in [0.1, 0.15) is 5.82 Å². The molecule has 0 bridgehead atoms. The fourth-order valence-corrected chi connectivity index (χ4v) is 2.87. The predicted molar refractivity (Wildman–Crippen MR) is 82.3 cm³/mol. The van der Waals surface area contributed by atoms with E-state index in [-0.39, 0.29) is 17.1 Å². The van der Waals surface area contributed by atoms with Gasteiger partial charge in [-0.3, -0.25) is 0 Å². The Morgan fingerprint density at radius 1 is 1.25 bits per heavy atom. The lowest BCUT2D eigenvalue weighted by molar-refractivity contribution is 0.143. The SMILES string of the molecule is NCC(c1cccc(Br)c1)C(O)c1c(F)cccc1Cl. The van der Waals surface area contributed by atoms with E-state index in [4.69, 9.17) is 17.3 Å². The molecule has 106 valence electrons. The van der Waals surface area contributed by atoms with Gasteiger partial charge in [0, 0.05) is 27.5 Å². The fourth-order valence-electron chi connectivity index (χ4n) is 2.18. The molecular weight excluding hydrogens is 345 g/mol. The minimum atomic E-state index is -1.09. The first kappa shape index (κ1) is 15.4. The van der Waals surface area contributed by atoms with Crippen molar-refractivity contribution < 1.29 is 9.50 Å². The van der Waals surface area contributed by atoms with Gasteiger partial charge in [0.05, 0.1) is 6.10 Å². The topological polar surface area (TPSA) is 46.2 Å². The number of aliphatic hydroxyl groups is 1. The van der Waals surface area contributed by atoms with E-state index in [0.717, 1.165) is 10.0 Å². The van der Waals surface area contributed by atoms with Gasteiger partial charge in [-0.2, -0.15) is 0 Å². The van der Waals surface area contributed by atoms with E-state index in [0.29, 0.717) is 0 Å². The molecule has 2 aromatic rings. The van der Waals surface area contributed by atoms with E-state index in [1.807, 2.05) is 24.3 Å². The molecular formula is C15H14BrClFNO. The highest BCUT2D eigenvalue weighted by atomic mass is 79.9. The van der Waals surface area contributed by atoms with Crippen molar-refractivity contribution in [1.29, 1.82) is 0 Å². The minimum absolute atomic E-state index is 0.0876. The summed E-state index contributed by atoms with van der Waals surface area (Å²) in [4.78, 5) is 0. The summed E-state index contributed by atoms with van der Waals surface area (Å²) in [7, 11) is 0. The first-order valence-electron chi connectivity index (χ1n) is 6.12. The lowest BCUT2D eigenvalue weighted by atomic mass is 9.89. The molecule has 0 aromatic heterocycles. The van der Waals surface area contributed by atoms with Crippen LogP contribution in [0.4, 0.5) is 4.39 Å². The molecule has 0 aliphatic rings. The van der Waals surface area contributed by atoms with Crippen LogP contribution in [0.5, 0.6) is 0 Å².